The largest absolute Gasteiger partial charge is 0.508 e. The number of hydrogen-bond acceptors (Lipinski definition) is 15. The van der Waals surface area contributed by atoms with Crippen molar-refractivity contribution in [2.24, 2.45) is 0 Å². The molecule has 16 heteroatoms. The Hall–Kier alpha value is -4.39. The van der Waals surface area contributed by atoms with Gasteiger partial charge in [0.1, 0.15) is 34.9 Å². The van der Waals surface area contributed by atoms with Gasteiger partial charge in [-0.2, -0.15) is 0 Å². The fourth-order valence-electron chi connectivity index (χ4n) is 8.93. The number of likely N-dealkylation sites (N-methyl/N-ethyl adjacent to an activating group) is 1. The summed E-state index contributed by atoms with van der Waals surface area (Å²) in [5.41, 5.74) is -2.97. The van der Waals surface area contributed by atoms with Gasteiger partial charge in [0.25, 0.3) is 0 Å². The number of fused-ring (bicyclic) bond motifs is 4. The maximum Gasteiger partial charge on any atom is 0.340 e. The standard InChI is InChI=1S/C36H41N3O13/c1-37-20-8-9-34-25-19(20)13-22(47-3)26(48-4)27(25)51-29(34)24-18(15-6-5-7-16(40)10-15)11-17(12-21(24)50-33(34)45)49-30-28(41)36(46)31(42)35(52-30,32(43)44)23(38-2)14-39-36/h5-7,10-13,20,23,28-31,33,37-42,45-46H,8-9,14H2,1-4H3,(H,43,44)/t20-,23+,28+,29+,30-,31-,33-,34+,35+,36-/m1/s1. The van der Waals surface area contributed by atoms with Crippen molar-refractivity contribution in [3.05, 3.63) is 59.2 Å². The third-order valence-corrected chi connectivity index (χ3v) is 11.5. The molecule has 52 heavy (non-hydrogen) atoms. The highest BCUT2D eigenvalue weighted by molar-refractivity contribution is 5.81. The molecule has 1 spiro atoms. The molecule has 2 fully saturated rings. The summed E-state index contributed by atoms with van der Waals surface area (Å²) >= 11 is 0. The van der Waals surface area contributed by atoms with Crippen LogP contribution in [0.1, 0.15) is 41.7 Å². The summed E-state index contributed by atoms with van der Waals surface area (Å²) in [7, 11) is 6.37. The molecule has 3 aromatic carbocycles. The minimum atomic E-state index is -2.52. The number of piperidine rings is 1. The fourth-order valence-corrected chi connectivity index (χ4v) is 8.93. The summed E-state index contributed by atoms with van der Waals surface area (Å²) in [4.78, 5) is 12.7. The minimum Gasteiger partial charge on any atom is -0.508 e. The van der Waals surface area contributed by atoms with Gasteiger partial charge >= 0.3 is 5.97 Å². The average Bonchev–Trinajstić information content (AvgIpc) is 3.49. The third kappa shape index (κ3) is 4.46. The Morgan fingerprint density at radius 3 is 2.50 bits per heavy atom. The van der Waals surface area contributed by atoms with Gasteiger partial charge in [0.2, 0.25) is 23.9 Å². The second-order valence-electron chi connectivity index (χ2n) is 13.8. The summed E-state index contributed by atoms with van der Waals surface area (Å²) < 4.78 is 36.8. The number of phenols is 1. The smallest absolute Gasteiger partial charge is 0.340 e. The van der Waals surface area contributed by atoms with Crippen molar-refractivity contribution in [3.8, 4) is 45.6 Å². The van der Waals surface area contributed by atoms with Crippen LogP contribution >= 0.6 is 0 Å². The van der Waals surface area contributed by atoms with E-state index in [-0.39, 0.29) is 29.8 Å². The highest BCUT2D eigenvalue weighted by Gasteiger charge is 2.72. The lowest BCUT2D eigenvalue weighted by molar-refractivity contribution is -0.362. The van der Waals surface area contributed by atoms with Gasteiger partial charge in [-0.3, -0.25) is 5.32 Å². The molecule has 8 rings (SSSR count). The van der Waals surface area contributed by atoms with Gasteiger partial charge in [-0.1, -0.05) is 12.1 Å². The third-order valence-electron chi connectivity index (χ3n) is 11.5. The van der Waals surface area contributed by atoms with Gasteiger partial charge in [0.05, 0.1) is 20.3 Å². The van der Waals surface area contributed by atoms with Crippen molar-refractivity contribution in [2.75, 3.05) is 34.9 Å². The second-order valence-corrected chi connectivity index (χ2v) is 13.8. The van der Waals surface area contributed by atoms with E-state index in [1.54, 1.807) is 18.2 Å². The van der Waals surface area contributed by atoms with Crippen LogP contribution in [-0.4, -0.2) is 114 Å². The van der Waals surface area contributed by atoms with E-state index in [9.17, 15) is 35.4 Å². The predicted molar refractivity (Wildman–Crippen MR) is 179 cm³/mol. The number of nitrogens with one attached hydrogen (secondary N) is 3. The molecule has 2 bridgehead atoms. The van der Waals surface area contributed by atoms with Crippen molar-refractivity contribution in [1.29, 1.82) is 0 Å². The molecule has 1 aliphatic carbocycles. The number of carboxylic acid groups (broad SMARTS) is 1. The predicted octanol–water partition coefficient (Wildman–Crippen LogP) is 0.373. The summed E-state index contributed by atoms with van der Waals surface area (Å²) in [5, 5.41) is 75.5. The first-order valence-corrected chi connectivity index (χ1v) is 16.9. The van der Waals surface area contributed by atoms with Crippen LogP contribution in [0.3, 0.4) is 0 Å². The molecule has 4 heterocycles. The first-order valence-electron chi connectivity index (χ1n) is 16.9. The molecule has 5 aliphatic rings. The van der Waals surface area contributed by atoms with Crippen molar-refractivity contribution in [2.45, 2.75) is 72.6 Å². The van der Waals surface area contributed by atoms with Crippen molar-refractivity contribution < 1.29 is 63.9 Å². The zero-order chi connectivity index (χ0) is 36.9. The van der Waals surface area contributed by atoms with Crippen LogP contribution in [0.25, 0.3) is 11.1 Å². The topological polar surface area (TPSA) is 230 Å². The van der Waals surface area contributed by atoms with E-state index in [0.29, 0.717) is 46.8 Å². The van der Waals surface area contributed by atoms with Gasteiger partial charge in [-0.25, -0.2) is 4.79 Å². The monoisotopic (exact) mass is 723 g/mol. The van der Waals surface area contributed by atoms with E-state index in [1.165, 1.54) is 39.5 Å². The molecule has 9 N–H and O–H groups in total. The van der Waals surface area contributed by atoms with E-state index in [1.807, 2.05) is 13.1 Å². The van der Waals surface area contributed by atoms with Crippen LogP contribution in [0.5, 0.6) is 34.5 Å². The summed E-state index contributed by atoms with van der Waals surface area (Å²) in [6.07, 6.45) is -7.10. The molecule has 3 aromatic rings. The molecule has 0 aromatic heterocycles. The zero-order valence-corrected chi connectivity index (χ0v) is 28.7. The Morgan fingerprint density at radius 2 is 1.83 bits per heavy atom. The Morgan fingerprint density at radius 1 is 1.04 bits per heavy atom. The highest BCUT2D eigenvalue weighted by Crippen LogP contribution is 2.67. The molecule has 4 aliphatic heterocycles. The minimum absolute atomic E-state index is 0.0155. The molecule has 278 valence electrons. The Kier molecular flexibility index (Phi) is 8.05. The number of benzene rings is 3. The SMILES string of the molecule is CN[C@H]1CN[C@@]2(O)[C@@H](O)[C@H](Oc3cc4c(c(-c5cccc(O)c5)c3)[C@@H]3Oc5c(OC)c(OC)cc6c5[C@]3(CC[C@H]6NC)[C@H](O)O4)O[C@]1(C(=O)O)[C@H]2O. The molecule has 16 nitrogen and oxygen atoms in total. The lowest BCUT2D eigenvalue weighted by Gasteiger charge is -2.58. The number of phenolic OH excluding ortho intramolecular Hbond substituents is 1. The normalized spacial score (nSPS) is 35.3. The Bertz CT molecular complexity index is 1950. The quantitative estimate of drug-likeness (QED) is 0.153. The molecular weight excluding hydrogens is 682 g/mol. The number of methoxy groups -OCH3 is 2. The number of aliphatic hydroxyl groups is 4. The number of hydrogen-bond donors (Lipinski definition) is 9. The first-order chi connectivity index (χ1) is 24.9. The molecule has 2 saturated heterocycles. The lowest BCUT2D eigenvalue weighted by Crippen LogP contribution is -2.87. The summed E-state index contributed by atoms with van der Waals surface area (Å²) in [5.74, 6) is -0.282. The van der Waals surface area contributed by atoms with E-state index in [2.05, 4.69) is 16.0 Å². The molecule has 0 unspecified atom stereocenters. The first kappa shape index (κ1) is 34.7. The highest BCUT2D eigenvalue weighted by atomic mass is 16.7. The molecule has 10 atom stereocenters. The number of carboxylic acids is 1. The van der Waals surface area contributed by atoms with Gasteiger partial charge < -0.3 is 69.7 Å². The molecular formula is C36H41N3O13. The van der Waals surface area contributed by atoms with E-state index >= 15 is 0 Å². The van der Waals surface area contributed by atoms with Crippen LogP contribution in [0.2, 0.25) is 0 Å². The van der Waals surface area contributed by atoms with Gasteiger partial charge in [-0.05, 0) is 67.9 Å². The number of ether oxygens (including phenoxy) is 6. The number of carbonyl (C=O) groups is 1. The Balaban J connectivity index is 1.29. The van der Waals surface area contributed by atoms with Gasteiger partial charge in [0.15, 0.2) is 23.3 Å². The van der Waals surface area contributed by atoms with Crippen LogP contribution in [0, 0.1) is 0 Å². The maximum absolute atomic E-state index is 12.7. The number of rotatable bonds is 8. The average molecular weight is 724 g/mol. The van der Waals surface area contributed by atoms with Gasteiger partial charge in [0, 0.05) is 29.8 Å². The van der Waals surface area contributed by atoms with Crippen molar-refractivity contribution >= 4 is 5.97 Å². The molecule has 0 radical (unpaired) electrons. The Labute approximate surface area is 297 Å². The molecule has 0 saturated carbocycles. The number of aromatic hydroxyl groups is 1. The lowest BCUT2D eigenvalue weighted by atomic mass is 9.63. The maximum atomic E-state index is 12.7. The number of aliphatic hydroxyl groups excluding tert-OH is 3. The molecule has 0 amide bonds. The van der Waals surface area contributed by atoms with Crippen molar-refractivity contribution in [3.63, 3.8) is 0 Å². The fraction of sp³-hybridized carbons (Fsp3) is 0.472. The summed E-state index contributed by atoms with van der Waals surface area (Å²) in [6.45, 7) is -0.161. The van der Waals surface area contributed by atoms with Crippen LogP contribution in [0.4, 0.5) is 0 Å². The van der Waals surface area contributed by atoms with Gasteiger partial charge in [-0.15, -0.1) is 0 Å². The van der Waals surface area contributed by atoms with E-state index in [0.717, 1.165) is 11.1 Å². The van der Waals surface area contributed by atoms with Crippen LogP contribution < -0.4 is 39.6 Å². The number of aliphatic carboxylic acids is 1. The van der Waals surface area contributed by atoms with Crippen molar-refractivity contribution in [1.82, 2.24) is 16.0 Å². The zero-order valence-electron chi connectivity index (χ0n) is 28.7. The van der Waals surface area contributed by atoms with Crippen LogP contribution in [0.15, 0.2) is 42.5 Å². The van der Waals surface area contributed by atoms with Crippen LogP contribution in [-0.2, 0) is 14.9 Å². The van der Waals surface area contributed by atoms with E-state index in [4.69, 9.17) is 28.4 Å². The van der Waals surface area contributed by atoms with E-state index < -0.39 is 59.6 Å². The summed E-state index contributed by atoms with van der Waals surface area (Å²) in [6, 6.07) is 10.2. The second kappa shape index (κ2) is 12.1.